The number of benzene rings is 1. The van der Waals surface area contributed by atoms with Gasteiger partial charge in [-0.1, -0.05) is 30.8 Å². The van der Waals surface area contributed by atoms with Gasteiger partial charge < -0.3 is 36.7 Å². The fraction of sp³-hybridized carbons (Fsp3) is 0.455. The molecule has 0 unspecified atom stereocenters. The Bertz CT molecular complexity index is 1370. The molecule has 0 spiro atoms. The highest BCUT2D eigenvalue weighted by atomic mass is 16.3. The van der Waals surface area contributed by atoms with Gasteiger partial charge in [0.25, 0.3) is 0 Å². The van der Waals surface area contributed by atoms with Gasteiger partial charge in [0.1, 0.15) is 17.8 Å². The Balaban J connectivity index is 1.58. The third kappa shape index (κ3) is 11.9. The number of rotatable bonds is 17. The molecule has 1 heterocycles. The second-order valence-corrected chi connectivity index (χ2v) is 11.4. The Morgan fingerprint density at radius 1 is 0.957 bits per heavy atom. The molecule has 1 aliphatic carbocycles. The molecule has 3 rings (SSSR count). The Morgan fingerprint density at radius 2 is 1.67 bits per heavy atom. The number of carbonyl (C=O) groups is 6. The van der Waals surface area contributed by atoms with Crippen LogP contribution in [0.3, 0.4) is 0 Å². The molecule has 1 aromatic carbocycles. The molecule has 2 aromatic rings. The molecule has 1 aromatic heterocycles. The van der Waals surface area contributed by atoms with Crippen molar-refractivity contribution in [2.24, 2.45) is 11.7 Å². The summed E-state index contributed by atoms with van der Waals surface area (Å²) in [5, 5.41) is 13.9. The van der Waals surface area contributed by atoms with E-state index in [0.29, 0.717) is 55.5 Å². The van der Waals surface area contributed by atoms with Crippen molar-refractivity contribution in [2.45, 2.75) is 83.0 Å². The second-order valence-electron chi connectivity index (χ2n) is 11.4. The molecule has 0 saturated heterocycles. The number of hydrogen-bond donors (Lipinski definition) is 6. The van der Waals surface area contributed by atoms with Crippen molar-refractivity contribution < 1.29 is 33.2 Å². The summed E-state index contributed by atoms with van der Waals surface area (Å²) in [7, 11) is 0. The topological polar surface area (TPSA) is 202 Å². The van der Waals surface area contributed by atoms with E-state index in [9.17, 15) is 28.8 Å². The zero-order chi connectivity index (χ0) is 33.5. The molecule has 7 N–H and O–H groups in total. The lowest BCUT2D eigenvalue weighted by atomic mass is 9.85. The largest absolute Gasteiger partial charge is 0.469 e. The van der Waals surface area contributed by atoms with Crippen LogP contribution in [0.2, 0.25) is 0 Å². The van der Waals surface area contributed by atoms with Crippen molar-refractivity contribution in [3.05, 3.63) is 72.2 Å². The van der Waals surface area contributed by atoms with Gasteiger partial charge in [-0.25, -0.2) is 0 Å². The molecule has 0 aliphatic heterocycles. The first-order valence-corrected chi connectivity index (χ1v) is 15.5. The normalized spacial score (nSPS) is 17.1. The summed E-state index contributed by atoms with van der Waals surface area (Å²) in [6.07, 6.45) is 5.98. The maximum absolute atomic E-state index is 13.4. The number of nitrogens with one attached hydrogen (secondary N) is 5. The maximum atomic E-state index is 13.4. The third-order valence-electron chi connectivity index (χ3n) is 7.88. The van der Waals surface area contributed by atoms with Gasteiger partial charge in [0.15, 0.2) is 0 Å². The SMILES string of the molecule is C=CC(=O)NCCC[C@H](NC(=O)Cc1ccccc1CNC(=O)[C@H](Cc1ccco1)NC(=O)C1CCC(NC(C)=O)CC1)C(N)=O. The molecule has 2 atom stereocenters. The number of primary amides is 1. The quantitative estimate of drug-likeness (QED) is 0.109. The van der Waals surface area contributed by atoms with Crippen LogP contribution in [0.15, 0.2) is 59.7 Å². The van der Waals surface area contributed by atoms with E-state index in [1.54, 1.807) is 36.4 Å². The lowest BCUT2D eigenvalue weighted by molar-refractivity contribution is -0.132. The summed E-state index contributed by atoms with van der Waals surface area (Å²) in [4.78, 5) is 74.1. The fourth-order valence-electron chi connectivity index (χ4n) is 5.42. The second kappa shape index (κ2) is 18.1. The Morgan fingerprint density at radius 3 is 2.30 bits per heavy atom. The number of furan rings is 1. The van der Waals surface area contributed by atoms with Crippen LogP contribution in [0.5, 0.6) is 0 Å². The van der Waals surface area contributed by atoms with E-state index in [0.717, 1.165) is 6.08 Å². The van der Waals surface area contributed by atoms with Gasteiger partial charge in [-0.2, -0.15) is 0 Å². The minimum absolute atomic E-state index is 0.0456. The number of nitrogens with two attached hydrogens (primary N) is 1. The van der Waals surface area contributed by atoms with Gasteiger partial charge in [-0.15, -0.1) is 0 Å². The fourth-order valence-corrected chi connectivity index (χ4v) is 5.42. The van der Waals surface area contributed by atoms with E-state index < -0.39 is 29.8 Å². The Labute approximate surface area is 268 Å². The zero-order valence-electron chi connectivity index (χ0n) is 26.1. The highest BCUT2D eigenvalue weighted by Gasteiger charge is 2.30. The minimum Gasteiger partial charge on any atom is -0.469 e. The van der Waals surface area contributed by atoms with Crippen molar-refractivity contribution in [3.8, 4) is 0 Å². The maximum Gasteiger partial charge on any atom is 0.243 e. The monoisotopic (exact) mass is 636 g/mol. The van der Waals surface area contributed by atoms with E-state index in [1.165, 1.54) is 13.2 Å². The average Bonchev–Trinajstić information content (AvgIpc) is 3.54. The molecule has 0 radical (unpaired) electrons. The zero-order valence-corrected chi connectivity index (χ0v) is 26.1. The standard InChI is InChI=1S/C33H44N6O7/c1-3-29(41)35-16-6-11-27(31(34)43)38-30(42)18-23-8-4-5-9-24(23)20-36-33(45)28(19-26-10-7-17-46-26)39-32(44)22-12-14-25(15-13-22)37-21(2)40/h3-5,7-10,17,22,25,27-28H,1,6,11-16,18-20H2,2H3,(H2,34,43)(H,35,41)(H,36,45)(H,37,40)(H,38,42)(H,39,44)/t22?,25?,27-,28-/m0/s1. The van der Waals surface area contributed by atoms with Gasteiger partial charge in [-0.3, -0.25) is 28.8 Å². The van der Waals surface area contributed by atoms with Crippen LogP contribution in [0.1, 0.15) is 62.3 Å². The smallest absolute Gasteiger partial charge is 0.243 e. The van der Waals surface area contributed by atoms with Gasteiger partial charge in [-0.05, 0) is 67.9 Å². The highest BCUT2D eigenvalue weighted by molar-refractivity contribution is 5.89. The van der Waals surface area contributed by atoms with Crippen LogP contribution in [0, 0.1) is 5.92 Å². The minimum atomic E-state index is -0.911. The van der Waals surface area contributed by atoms with Gasteiger partial charge in [0.2, 0.25) is 35.4 Å². The average molecular weight is 637 g/mol. The molecule has 46 heavy (non-hydrogen) atoms. The first-order valence-electron chi connectivity index (χ1n) is 15.5. The molecule has 1 fully saturated rings. The molecule has 1 aliphatic rings. The predicted octanol–water partition coefficient (Wildman–Crippen LogP) is 0.913. The van der Waals surface area contributed by atoms with Gasteiger partial charge >= 0.3 is 0 Å². The van der Waals surface area contributed by atoms with E-state index in [-0.39, 0.29) is 55.5 Å². The van der Waals surface area contributed by atoms with Gasteiger partial charge in [0.05, 0.1) is 12.7 Å². The number of amides is 6. The molecular weight excluding hydrogens is 592 g/mol. The van der Waals surface area contributed by atoms with Crippen LogP contribution < -0.4 is 32.3 Å². The summed E-state index contributed by atoms with van der Waals surface area (Å²) in [5.74, 6) is -1.90. The van der Waals surface area contributed by atoms with E-state index in [1.807, 2.05) is 0 Å². The van der Waals surface area contributed by atoms with Crippen molar-refractivity contribution in [2.75, 3.05) is 6.54 Å². The summed E-state index contributed by atoms with van der Waals surface area (Å²) in [6.45, 7) is 5.24. The lowest BCUT2D eigenvalue weighted by Crippen LogP contribution is -2.50. The molecule has 13 heteroatoms. The summed E-state index contributed by atoms with van der Waals surface area (Å²) >= 11 is 0. The van der Waals surface area contributed by atoms with Crippen molar-refractivity contribution in [1.82, 2.24) is 26.6 Å². The molecule has 1 saturated carbocycles. The lowest BCUT2D eigenvalue weighted by Gasteiger charge is -2.29. The predicted molar refractivity (Wildman–Crippen MR) is 169 cm³/mol. The van der Waals surface area contributed by atoms with Crippen molar-refractivity contribution in [1.29, 1.82) is 0 Å². The van der Waals surface area contributed by atoms with Crippen LogP contribution in [0.25, 0.3) is 0 Å². The number of hydrogen-bond acceptors (Lipinski definition) is 7. The molecule has 6 amide bonds. The number of carbonyl (C=O) groups excluding carboxylic acids is 6. The van der Waals surface area contributed by atoms with E-state index in [2.05, 4.69) is 33.2 Å². The first kappa shape index (κ1) is 35.5. The summed E-state index contributed by atoms with van der Waals surface area (Å²) in [6, 6.07) is 8.77. The Hall–Kier alpha value is -4.94. The summed E-state index contributed by atoms with van der Waals surface area (Å²) in [5.41, 5.74) is 6.81. The van der Waals surface area contributed by atoms with Crippen LogP contribution >= 0.6 is 0 Å². The van der Waals surface area contributed by atoms with Gasteiger partial charge in [0, 0.05) is 38.4 Å². The van der Waals surface area contributed by atoms with Crippen LogP contribution in [0.4, 0.5) is 0 Å². The molecule has 248 valence electrons. The van der Waals surface area contributed by atoms with E-state index >= 15 is 0 Å². The Kier molecular flexibility index (Phi) is 14.0. The van der Waals surface area contributed by atoms with Crippen molar-refractivity contribution in [3.63, 3.8) is 0 Å². The van der Waals surface area contributed by atoms with Crippen LogP contribution in [-0.4, -0.2) is 60.1 Å². The highest BCUT2D eigenvalue weighted by Crippen LogP contribution is 2.25. The summed E-state index contributed by atoms with van der Waals surface area (Å²) < 4.78 is 5.44. The van der Waals surface area contributed by atoms with Crippen LogP contribution in [-0.2, 0) is 48.2 Å². The first-order chi connectivity index (χ1) is 22.0. The van der Waals surface area contributed by atoms with Crippen molar-refractivity contribution >= 4 is 35.4 Å². The molecule has 0 bridgehead atoms. The van der Waals surface area contributed by atoms with E-state index in [4.69, 9.17) is 10.2 Å². The third-order valence-corrected chi connectivity index (χ3v) is 7.88. The molecular formula is C33H44N6O7. The molecule has 13 nitrogen and oxygen atoms in total.